The summed E-state index contributed by atoms with van der Waals surface area (Å²) in [6.45, 7) is 0. The molecule has 2 heterocycles. The third kappa shape index (κ3) is 2.66. The number of pyridine rings is 1. The van der Waals surface area contributed by atoms with Crippen LogP contribution in [0.3, 0.4) is 0 Å². The SMILES string of the molecule is O=C(NNC1=Nc2ccccc2CC1)c1cccnc1. The van der Waals surface area contributed by atoms with Crippen LogP contribution in [-0.4, -0.2) is 16.7 Å². The molecule has 100 valence electrons. The van der Waals surface area contributed by atoms with Crippen molar-refractivity contribution in [1.29, 1.82) is 0 Å². The highest BCUT2D eigenvalue weighted by Crippen LogP contribution is 2.24. The van der Waals surface area contributed by atoms with Crippen LogP contribution in [0, 0.1) is 0 Å². The fourth-order valence-corrected chi connectivity index (χ4v) is 2.07. The number of carbonyl (C=O) groups is 1. The molecule has 1 aromatic carbocycles. The number of fused-ring (bicyclic) bond motifs is 1. The number of para-hydroxylation sites is 1. The first-order valence-electron chi connectivity index (χ1n) is 6.45. The van der Waals surface area contributed by atoms with Crippen LogP contribution in [0.1, 0.15) is 22.3 Å². The van der Waals surface area contributed by atoms with Crippen LogP contribution < -0.4 is 10.9 Å². The number of rotatable bonds is 1. The number of amides is 1. The van der Waals surface area contributed by atoms with Gasteiger partial charge in [0.2, 0.25) is 0 Å². The quantitative estimate of drug-likeness (QED) is 0.776. The van der Waals surface area contributed by atoms with Gasteiger partial charge in [-0.1, -0.05) is 18.2 Å². The third-order valence-electron chi connectivity index (χ3n) is 3.12. The molecular formula is C15H14N4O. The number of hydrogen-bond donors (Lipinski definition) is 2. The molecule has 1 aromatic heterocycles. The summed E-state index contributed by atoms with van der Waals surface area (Å²) in [6.07, 6.45) is 4.86. The first-order valence-corrected chi connectivity index (χ1v) is 6.45. The van der Waals surface area contributed by atoms with Gasteiger partial charge in [-0.15, -0.1) is 0 Å². The Morgan fingerprint density at radius 2 is 2.00 bits per heavy atom. The summed E-state index contributed by atoms with van der Waals surface area (Å²) in [7, 11) is 0. The van der Waals surface area contributed by atoms with E-state index >= 15 is 0 Å². The highest BCUT2D eigenvalue weighted by Gasteiger charge is 2.12. The average molecular weight is 266 g/mol. The van der Waals surface area contributed by atoms with E-state index in [9.17, 15) is 4.79 Å². The Labute approximate surface area is 116 Å². The van der Waals surface area contributed by atoms with Crippen molar-refractivity contribution in [3.8, 4) is 0 Å². The minimum atomic E-state index is -0.223. The van der Waals surface area contributed by atoms with E-state index in [2.05, 4.69) is 26.9 Å². The molecule has 0 aliphatic carbocycles. The fraction of sp³-hybridized carbons (Fsp3) is 0.133. The van der Waals surface area contributed by atoms with E-state index in [1.54, 1.807) is 18.3 Å². The van der Waals surface area contributed by atoms with Crippen molar-refractivity contribution in [2.75, 3.05) is 0 Å². The monoisotopic (exact) mass is 266 g/mol. The Balaban J connectivity index is 1.65. The van der Waals surface area contributed by atoms with E-state index in [1.165, 1.54) is 11.8 Å². The van der Waals surface area contributed by atoms with Gasteiger partial charge in [-0.3, -0.25) is 20.6 Å². The summed E-state index contributed by atoms with van der Waals surface area (Å²) >= 11 is 0. The maximum absolute atomic E-state index is 11.9. The minimum Gasteiger partial charge on any atom is -0.285 e. The normalized spacial score (nSPS) is 13.1. The summed E-state index contributed by atoms with van der Waals surface area (Å²) in [5, 5.41) is 0. The van der Waals surface area contributed by atoms with E-state index in [4.69, 9.17) is 0 Å². The van der Waals surface area contributed by atoms with Crippen molar-refractivity contribution in [1.82, 2.24) is 15.8 Å². The molecule has 2 N–H and O–H groups in total. The van der Waals surface area contributed by atoms with Gasteiger partial charge in [0.1, 0.15) is 5.84 Å². The molecule has 5 nitrogen and oxygen atoms in total. The van der Waals surface area contributed by atoms with Crippen LogP contribution in [0.4, 0.5) is 5.69 Å². The average Bonchev–Trinajstić information content (AvgIpc) is 2.53. The maximum atomic E-state index is 11.9. The van der Waals surface area contributed by atoms with Crippen molar-refractivity contribution in [3.05, 3.63) is 59.9 Å². The topological polar surface area (TPSA) is 66.4 Å². The number of carbonyl (C=O) groups excluding carboxylic acids is 1. The number of amidine groups is 1. The van der Waals surface area contributed by atoms with Crippen molar-refractivity contribution < 1.29 is 4.79 Å². The minimum absolute atomic E-state index is 0.223. The predicted octanol–water partition coefficient (Wildman–Crippen LogP) is 1.99. The molecular weight excluding hydrogens is 252 g/mol. The van der Waals surface area contributed by atoms with Crippen molar-refractivity contribution in [2.45, 2.75) is 12.8 Å². The van der Waals surface area contributed by atoms with E-state index in [0.717, 1.165) is 24.4 Å². The lowest BCUT2D eigenvalue weighted by molar-refractivity contribution is 0.0943. The molecule has 0 fully saturated rings. The smallest absolute Gasteiger partial charge is 0.271 e. The zero-order valence-electron chi connectivity index (χ0n) is 10.8. The summed E-state index contributed by atoms with van der Waals surface area (Å²) in [4.78, 5) is 20.3. The fourth-order valence-electron chi connectivity index (χ4n) is 2.07. The molecule has 0 bridgehead atoms. The Bertz CT molecular complexity index is 652. The summed E-state index contributed by atoms with van der Waals surface area (Å²) in [5.41, 5.74) is 8.22. The molecule has 20 heavy (non-hydrogen) atoms. The second-order valence-electron chi connectivity index (χ2n) is 4.51. The van der Waals surface area contributed by atoms with Gasteiger partial charge in [0.05, 0.1) is 11.3 Å². The standard InChI is InChI=1S/C15H14N4O/c20-15(12-5-3-9-16-10-12)19-18-14-8-7-11-4-1-2-6-13(11)17-14/h1-6,9-10H,7-8H2,(H,17,18)(H,19,20). The predicted molar refractivity (Wildman–Crippen MR) is 76.7 cm³/mol. The molecule has 1 amide bonds. The molecule has 0 atom stereocenters. The number of hydrazine groups is 1. The largest absolute Gasteiger partial charge is 0.285 e. The highest BCUT2D eigenvalue weighted by atomic mass is 16.2. The van der Waals surface area contributed by atoms with Crippen LogP contribution in [0.2, 0.25) is 0 Å². The molecule has 0 saturated carbocycles. The van der Waals surface area contributed by atoms with Gasteiger partial charge in [0, 0.05) is 18.8 Å². The number of nitrogens with zero attached hydrogens (tertiary/aromatic N) is 2. The van der Waals surface area contributed by atoms with Gasteiger partial charge in [0.15, 0.2) is 0 Å². The lowest BCUT2D eigenvalue weighted by Gasteiger charge is -2.17. The van der Waals surface area contributed by atoms with E-state index in [-0.39, 0.29) is 5.91 Å². The molecule has 0 saturated heterocycles. The van der Waals surface area contributed by atoms with Crippen LogP contribution in [-0.2, 0) is 6.42 Å². The molecule has 5 heteroatoms. The number of aryl methyl sites for hydroxylation is 1. The Kier molecular flexibility index (Phi) is 3.41. The highest BCUT2D eigenvalue weighted by molar-refractivity contribution is 5.96. The van der Waals surface area contributed by atoms with Crippen LogP contribution in [0.5, 0.6) is 0 Å². The first-order chi connectivity index (χ1) is 9.83. The Hall–Kier alpha value is -2.69. The van der Waals surface area contributed by atoms with Crippen molar-refractivity contribution in [2.24, 2.45) is 4.99 Å². The lowest BCUT2D eigenvalue weighted by Crippen LogP contribution is -2.42. The molecule has 2 aromatic rings. The molecule has 0 unspecified atom stereocenters. The number of aromatic nitrogens is 1. The lowest BCUT2D eigenvalue weighted by atomic mass is 10.0. The Morgan fingerprint density at radius 3 is 2.85 bits per heavy atom. The summed E-state index contributed by atoms with van der Waals surface area (Å²) in [6, 6.07) is 11.4. The maximum Gasteiger partial charge on any atom is 0.271 e. The first kappa shape index (κ1) is 12.3. The molecule has 1 aliphatic rings. The van der Waals surface area contributed by atoms with Gasteiger partial charge >= 0.3 is 0 Å². The van der Waals surface area contributed by atoms with Gasteiger partial charge in [-0.25, -0.2) is 4.99 Å². The molecule has 1 aliphatic heterocycles. The van der Waals surface area contributed by atoms with Gasteiger partial charge < -0.3 is 0 Å². The molecule has 0 radical (unpaired) electrons. The summed E-state index contributed by atoms with van der Waals surface area (Å²) in [5.74, 6) is 0.542. The van der Waals surface area contributed by atoms with Crippen LogP contribution in [0.15, 0.2) is 53.8 Å². The van der Waals surface area contributed by atoms with Crippen molar-refractivity contribution >= 4 is 17.4 Å². The zero-order valence-corrected chi connectivity index (χ0v) is 10.8. The Morgan fingerprint density at radius 1 is 1.10 bits per heavy atom. The van der Waals surface area contributed by atoms with E-state index in [1.807, 2.05) is 18.2 Å². The zero-order chi connectivity index (χ0) is 13.8. The van der Waals surface area contributed by atoms with Gasteiger partial charge in [0.25, 0.3) is 5.91 Å². The number of hydrogen-bond acceptors (Lipinski definition) is 4. The number of aliphatic imine (C=N–C) groups is 1. The third-order valence-corrected chi connectivity index (χ3v) is 3.12. The van der Waals surface area contributed by atoms with Crippen LogP contribution >= 0.6 is 0 Å². The van der Waals surface area contributed by atoms with E-state index < -0.39 is 0 Å². The van der Waals surface area contributed by atoms with E-state index in [0.29, 0.717) is 5.56 Å². The van der Waals surface area contributed by atoms with Crippen molar-refractivity contribution in [3.63, 3.8) is 0 Å². The molecule has 0 spiro atoms. The second kappa shape index (κ2) is 5.52. The number of nitrogens with one attached hydrogen (secondary N) is 2. The molecule has 3 rings (SSSR count). The summed E-state index contributed by atoms with van der Waals surface area (Å²) < 4.78 is 0. The van der Waals surface area contributed by atoms with Gasteiger partial charge in [-0.05, 0) is 30.2 Å². The van der Waals surface area contributed by atoms with Gasteiger partial charge in [-0.2, -0.15) is 0 Å². The van der Waals surface area contributed by atoms with Crippen LogP contribution in [0.25, 0.3) is 0 Å². The second-order valence-corrected chi connectivity index (χ2v) is 4.51. The number of benzene rings is 1.